The number of aliphatic hydroxyl groups is 1. The van der Waals surface area contributed by atoms with Gasteiger partial charge in [-0.2, -0.15) is 5.10 Å². The minimum Gasteiger partial charge on any atom is -0.388 e. The van der Waals surface area contributed by atoms with Gasteiger partial charge in [-0.15, -0.1) is 0 Å². The Morgan fingerprint density at radius 3 is 2.68 bits per heavy atom. The minimum atomic E-state index is -0.463. The van der Waals surface area contributed by atoms with Gasteiger partial charge in [0.05, 0.1) is 11.8 Å². The van der Waals surface area contributed by atoms with Crippen molar-refractivity contribution in [2.45, 2.75) is 32.0 Å². The number of nitrogens with one attached hydrogen (secondary N) is 1. The predicted molar refractivity (Wildman–Crippen MR) is 98.8 cm³/mol. The maximum Gasteiger partial charge on any atom is 0.0983 e. The van der Waals surface area contributed by atoms with Crippen molar-refractivity contribution < 1.29 is 5.11 Å². The monoisotopic (exact) mass is 336 g/mol. The number of hydrogen-bond donors (Lipinski definition) is 2. The summed E-state index contributed by atoms with van der Waals surface area (Å²) < 4.78 is 1.82. The van der Waals surface area contributed by atoms with Gasteiger partial charge in [-0.05, 0) is 31.0 Å². The Bertz CT molecular complexity index is 786. The molecule has 130 valence electrons. The maximum absolute atomic E-state index is 10.4. The molecule has 25 heavy (non-hydrogen) atoms. The smallest absolute Gasteiger partial charge is 0.0983 e. The molecular formula is C20H24N4O. The van der Waals surface area contributed by atoms with E-state index in [1.165, 1.54) is 0 Å². The zero-order valence-corrected chi connectivity index (χ0v) is 14.6. The van der Waals surface area contributed by atoms with Crippen molar-refractivity contribution >= 4 is 0 Å². The molecule has 3 aromatic rings. The van der Waals surface area contributed by atoms with E-state index < -0.39 is 6.10 Å². The zero-order chi connectivity index (χ0) is 17.6. The molecule has 0 aliphatic heterocycles. The molecule has 0 saturated heterocycles. The van der Waals surface area contributed by atoms with E-state index in [1.807, 2.05) is 66.6 Å². The van der Waals surface area contributed by atoms with E-state index >= 15 is 0 Å². The van der Waals surface area contributed by atoms with Gasteiger partial charge < -0.3 is 10.4 Å². The van der Waals surface area contributed by atoms with Crippen molar-refractivity contribution in [3.8, 4) is 11.3 Å². The third-order valence-corrected chi connectivity index (χ3v) is 4.24. The molecule has 2 heterocycles. The van der Waals surface area contributed by atoms with Gasteiger partial charge in [-0.3, -0.25) is 9.67 Å². The van der Waals surface area contributed by atoms with Gasteiger partial charge in [0, 0.05) is 49.4 Å². The summed E-state index contributed by atoms with van der Waals surface area (Å²) in [5.74, 6) is 0. The lowest BCUT2D eigenvalue weighted by Gasteiger charge is -2.18. The number of aryl methyl sites for hydroxylation is 1. The fourth-order valence-electron chi connectivity index (χ4n) is 2.93. The Morgan fingerprint density at radius 1 is 1.16 bits per heavy atom. The molecule has 0 amide bonds. The fourth-order valence-corrected chi connectivity index (χ4v) is 2.93. The second kappa shape index (κ2) is 8.05. The number of hydrogen-bond acceptors (Lipinski definition) is 4. The molecule has 5 heteroatoms. The van der Waals surface area contributed by atoms with E-state index in [4.69, 9.17) is 0 Å². The van der Waals surface area contributed by atoms with Crippen molar-refractivity contribution in [3.63, 3.8) is 0 Å². The SMILES string of the molecule is CC(CC(O)c1ccccc1)NCc1cn(C)nc1-c1cccnc1. The van der Waals surface area contributed by atoms with Crippen LogP contribution in [-0.2, 0) is 13.6 Å². The summed E-state index contributed by atoms with van der Waals surface area (Å²) in [5, 5.41) is 18.4. The van der Waals surface area contributed by atoms with Crippen LogP contribution in [0.3, 0.4) is 0 Å². The maximum atomic E-state index is 10.4. The van der Waals surface area contributed by atoms with E-state index in [-0.39, 0.29) is 6.04 Å². The average Bonchev–Trinajstić information content (AvgIpc) is 3.02. The van der Waals surface area contributed by atoms with Crippen LogP contribution in [-0.4, -0.2) is 25.9 Å². The zero-order valence-electron chi connectivity index (χ0n) is 14.6. The van der Waals surface area contributed by atoms with Crippen LogP contribution in [0, 0.1) is 0 Å². The first-order valence-electron chi connectivity index (χ1n) is 8.53. The largest absolute Gasteiger partial charge is 0.388 e. The molecule has 1 aromatic carbocycles. The average molecular weight is 336 g/mol. The van der Waals surface area contributed by atoms with Crippen LogP contribution >= 0.6 is 0 Å². The van der Waals surface area contributed by atoms with Crippen molar-refractivity contribution in [3.05, 3.63) is 72.2 Å². The van der Waals surface area contributed by atoms with E-state index in [9.17, 15) is 5.11 Å². The lowest BCUT2D eigenvalue weighted by Crippen LogP contribution is -2.27. The Balaban J connectivity index is 1.62. The fraction of sp³-hybridized carbons (Fsp3) is 0.300. The molecule has 0 saturated carbocycles. The molecule has 3 rings (SSSR count). The molecule has 2 N–H and O–H groups in total. The lowest BCUT2D eigenvalue weighted by molar-refractivity contribution is 0.154. The molecule has 0 spiro atoms. The summed E-state index contributed by atoms with van der Waals surface area (Å²) in [6, 6.07) is 13.9. The lowest BCUT2D eigenvalue weighted by atomic mass is 10.0. The van der Waals surface area contributed by atoms with E-state index in [1.54, 1.807) is 6.20 Å². The number of aromatic nitrogens is 3. The van der Waals surface area contributed by atoms with Crippen LogP contribution in [0.5, 0.6) is 0 Å². The molecule has 2 unspecified atom stereocenters. The number of benzene rings is 1. The summed E-state index contributed by atoms with van der Waals surface area (Å²) in [7, 11) is 1.92. The van der Waals surface area contributed by atoms with Gasteiger partial charge in [-0.1, -0.05) is 30.3 Å². The number of pyridine rings is 1. The van der Waals surface area contributed by atoms with E-state index in [0.717, 1.165) is 22.4 Å². The molecule has 0 aliphatic rings. The first-order valence-corrected chi connectivity index (χ1v) is 8.53. The summed E-state index contributed by atoms with van der Waals surface area (Å²) in [6.45, 7) is 2.78. The number of nitrogens with zero attached hydrogens (tertiary/aromatic N) is 3. The molecule has 0 radical (unpaired) electrons. The van der Waals surface area contributed by atoms with Crippen LogP contribution in [0.25, 0.3) is 11.3 Å². The van der Waals surface area contributed by atoms with Crippen molar-refractivity contribution in [1.82, 2.24) is 20.1 Å². The molecule has 0 fully saturated rings. The molecule has 0 bridgehead atoms. The van der Waals surface area contributed by atoms with Crippen LogP contribution in [0.4, 0.5) is 0 Å². The Labute approximate surface area is 148 Å². The summed E-state index contributed by atoms with van der Waals surface area (Å²) in [5.41, 5.74) is 4.03. The first kappa shape index (κ1) is 17.3. The highest BCUT2D eigenvalue weighted by atomic mass is 16.3. The van der Waals surface area contributed by atoms with Crippen molar-refractivity contribution in [2.75, 3.05) is 0 Å². The molecular weight excluding hydrogens is 312 g/mol. The predicted octanol–water partition coefficient (Wildman–Crippen LogP) is 3.08. The highest BCUT2D eigenvalue weighted by Gasteiger charge is 2.14. The van der Waals surface area contributed by atoms with Crippen molar-refractivity contribution in [1.29, 1.82) is 0 Å². The third-order valence-electron chi connectivity index (χ3n) is 4.24. The topological polar surface area (TPSA) is 63.0 Å². The van der Waals surface area contributed by atoms with Crippen LogP contribution in [0.1, 0.15) is 30.6 Å². The van der Waals surface area contributed by atoms with E-state index in [0.29, 0.717) is 13.0 Å². The minimum absolute atomic E-state index is 0.178. The normalized spacial score (nSPS) is 13.6. The Morgan fingerprint density at radius 2 is 1.96 bits per heavy atom. The van der Waals surface area contributed by atoms with Crippen molar-refractivity contribution in [2.24, 2.45) is 7.05 Å². The number of aliphatic hydroxyl groups excluding tert-OH is 1. The standard InChI is InChI=1S/C20H24N4O/c1-15(11-19(25)16-7-4-3-5-8-16)22-13-18-14-24(2)23-20(18)17-9-6-10-21-12-17/h3-10,12,14-15,19,22,25H,11,13H2,1-2H3. The molecule has 5 nitrogen and oxygen atoms in total. The van der Waals surface area contributed by atoms with Gasteiger partial charge in [-0.25, -0.2) is 0 Å². The second-order valence-corrected chi connectivity index (χ2v) is 6.36. The van der Waals surface area contributed by atoms with Gasteiger partial charge in [0.2, 0.25) is 0 Å². The highest BCUT2D eigenvalue weighted by molar-refractivity contribution is 5.61. The van der Waals surface area contributed by atoms with E-state index in [2.05, 4.69) is 22.3 Å². The molecule has 2 atom stereocenters. The van der Waals surface area contributed by atoms with Gasteiger partial charge in [0.1, 0.15) is 0 Å². The van der Waals surface area contributed by atoms with Crippen LogP contribution in [0.2, 0.25) is 0 Å². The summed E-state index contributed by atoms with van der Waals surface area (Å²) in [6.07, 6.45) is 5.81. The third kappa shape index (κ3) is 4.53. The number of rotatable bonds is 7. The van der Waals surface area contributed by atoms with Crippen LogP contribution < -0.4 is 5.32 Å². The second-order valence-electron chi connectivity index (χ2n) is 6.36. The van der Waals surface area contributed by atoms with Gasteiger partial charge in [0.15, 0.2) is 0 Å². The molecule has 0 aliphatic carbocycles. The summed E-state index contributed by atoms with van der Waals surface area (Å²) >= 11 is 0. The van der Waals surface area contributed by atoms with Crippen LogP contribution in [0.15, 0.2) is 61.1 Å². The Hall–Kier alpha value is -2.50. The molecule has 2 aromatic heterocycles. The highest BCUT2D eigenvalue weighted by Crippen LogP contribution is 2.22. The van der Waals surface area contributed by atoms with Gasteiger partial charge >= 0.3 is 0 Å². The van der Waals surface area contributed by atoms with Gasteiger partial charge in [0.25, 0.3) is 0 Å². The Kier molecular flexibility index (Phi) is 5.58. The quantitative estimate of drug-likeness (QED) is 0.696. The first-order chi connectivity index (χ1) is 12.1. The summed E-state index contributed by atoms with van der Waals surface area (Å²) in [4.78, 5) is 4.18.